The fourth-order valence-electron chi connectivity index (χ4n) is 4.14. The van der Waals surface area contributed by atoms with Crippen molar-refractivity contribution in [2.45, 2.75) is 0 Å². The minimum absolute atomic E-state index is 0.205. The van der Waals surface area contributed by atoms with Crippen molar-refractivity contribution in [3.05, 3.63) is 104 Å². The molecule has 1 aliphatic rings. The Morgan fingerprint density at radius 1 is 1.00 bits per heavy atom. The number of benzene rings is 3. The Labute approximate surface area is 220 Å². The van der Waals surface area contributed by atoms with E-state index in [0.717, 1.165) is 21.4 Å². The Morgan fingerprint density at radius 2 is 1.73 bits per heavy atom. The molecule has 2 aromatic heterocycles. The van der Waals surface area contributed by atoms with Crippen LogP contribution in [-0.2, 0) is 9.59 Å². The third-order valence-corrected chi connectivity index (χ3v) is 7.40. The lowest BCUT2D eigenvalue weighted by Crippen LogP contribution is -2.37. The summed E-state index contributed by atoms with van der Waals surface area (Å²) in [5.41, 5.74) is 1.99. The number of fused-ring (bicyclic) bond motifs is 2. The van der Waals surface area contributed by atoms with Crippen molar-refractivity contribution in [3.63, 3.8) is 0 Å². The second-order valence-electron chi connectivity index (χ2n) is 8.21. The maximum absolute atomic E-state index is 13.5. The van der Waals surface area contributed by atoms with Gasteiger partial charge in [0, 0.05) is 21.3 Å². The SMILES string of the molecule is O=C(CN1C(=O)C(=c2sc3nc(-c4ccc(Br)cc4)nn3c2=O)c2ccccc21)Nc1ccc(F)cc1. The minimum atomic E-state index is -0.467. The molecule has 11 heteroatoms. The summed E-state index contributed by atoms with van der Waals surface area (Å²) in [6.45, 7) is -0.278. The van der Waals surface area contributed by atoms with Crippen molar-refractivity contribution in [3.8, 4) is 11.4 Å². The van der Waals surface area contributed by atoms with E-state index in [2.05, 4.69) is 31.3 Å². The number of rotatable bonds is 4. The smallest absolute Gasteiger partial charge is 0.291 e. The predicted molar refractivity (Wildman–Crippen MR) is 142 cm³/mol. The molecule has 8 nitrogen and oxygen atoms in total. The average Bonchev–Trinajstić information content (AvgIpc) is 3.52. The van der Waals surface area contributed by atoms with Gasteiger partial charge < -0.3 is 5.32 Å². The highest BCUT2D eigenvalue weighted by atomic mass is 79.9. The van der Waals surface area contributed by atoms with E-state index in [1.165, 1.54) is 33.7 Å². The second-order valence-corrected chi connectivity index (χ2v) is 10.1. The molecular formula is C26H15BrFN5O3S. The summed E-state index contributed by atoms with van der Waals surface area (Å²) in [4.78, 5) is 45.8. The van der Waals surface area contributed by atoms with Crippen LogP contribution in [0.5, 0.6) is 0 Å². The number of hydrogen-bond acceptors (Lipinski definition) is 6. The number of aromatic nitrogens is 3. The van der Waals surface area contributed by atoms with E-state index in [0.29, 0.717) is 27.7 Å². The molecular weight excluding hydrogens is 561 g/mol. The van der Waals surface area contributed by atoms with Crippen molar-refractivity contribution in [1.29, 1.82) is 0 Å². The van der Waals surface area contributed by atoms with Gasteiger partial charge in [-0.2, -0.15) is 9.50 Å². The number of nitrogens with one attached hydrogen (secondary N) is 1. The van der Waals surface area contributed by atoms with Crippen LogP contribution in [0.25, 0.3) is 21.9 Å². The van der Waals surface area contributed by atoms with Crippen LogP contribution in [0.2, 0.25) is 0 Å². The van der Waals surface area contributed by atoms with Gasteiger partial charge in [0.2, 0.25) is 10.9 Å². The molecule has 1 N–H and O–H groups in total. The molecule has 0 aliphatic carbocycles. The van der Waals surface area contributed by atoms with E-state index in [9.17, 15) is 18.8 Å². The standard InChI is InChI=1S/C26H15BrFN5O3S/c27-15-7-5-14(6-8-15)23-30-26-33(31-23)25(36)22(37-26)21-18-3-1-2-4-19(18)32(24(21)35)13-20(34)29-17-11-9-16(28)10-12-17/h1-12H,13H2,(H,29,34). The van der Waals surface area contributed by atoms with Crippen molar-refractivity contribution < 1.29 is 14.0 Å². The third kappa shape index (κ3) is 4.11. The molecule has 0 saturated carbocycles. The van der Waals surface area contributed by atoms with Crippen molar-refractivity contribution in [1.82, 2.24) is 14.6 Å². The third-order valence-electron chi connectivity index (χ3n) is 5.84. The van der Waals surface area contributed by atoms with Gasteiger partial charge in [-0.3, -0.25) is 19.3 Å². The van der Waals surface area contributed by atoms with E-state index in [1.54, 1.807) is 24.3 Å². The zero-order valence-electron chi connectivity index (χ0n) is 18.8. The fourth-order valence-corrected chi connectivity index (χ4v) is 5.40. The largest absolute Gasteiger partial charge is 0.325 e. The summed E-state index contributed by atoms with van der Waals surface area (Å²) >= 11 is 4.47. The van der Waals surface area contributed by atoms with Gasteiger partial charge >= 0.3 is 0 Å². The molecule has 37 heavy (non-hydrogen) atoms. The number of amides is 2. The molecule has 5 aromatic rings. The molecule has 1 aliphatic heterocycles. The summed E-state index contributed by atoms with van der Waals surface area (Å²) in [6.07, 6.45) is 0. The normalized spacial score (nSPS) is 14.3. The average molecular weight is 576 g/mol. The molecule has 0 atom stereocenters. The topological polar surface area (TPSA) is 96.7 Å². The number of anilines is 2. The van der Waals surface area contributed by atoms with Gasteiger partial charge in [0.15, 0.2) is 5.82 Å². The molecule has 0 saturated heterocycles. The Kier molecular flexibility index (Phi) is 5.65. The maximum Gasteiger partial charge on any atom is 0.291 e. The number of nitrogens with zero attached hydrogens (tertiary/aromatic N) is 4. The van der Waals surface area contributed by atoms with Gasteiger partial charge in [-0.15, -0.1) is 5.10 Å². The van der Waals surface area contributed by atoms with Crippen LogP contribution < -0.4 is 20.3 Å². The summed E-state index contributed by atoms with van der Waals surface area (Å²) in [5.74, 6) is -0.940. The van der Waals surface area contributed by atoms with Gasteiger partial charge in [0.1, 0.15) is 16.9 Å². The lowest BCUT2D eigenvalue weighted by molar-refractivity contribution is -0.118. The maximum atomic E-state index is 13.5. The van der Waals surface area contributed by atoms with Crippen LogP contribution in [0.4, 0.5) is 15.8 Å². The van der Waals surface area contributed by atoms with Crippen molar-refractivity contribution in [2.75, 3.05) is 16.8 Å². The molecule has 182 valence electrons. The monoisotopic (exact) mass is 575 g/mol. The first-order valence-electron chi connectivity index (χ1n) is 11.1. The van der Waals surface area contributed by atoms with E-state index >= 15 is 0 Å². The molecule has 0 fully saturated rings. The Bertz CT molecular complexity index is 1820. The Balaban J connectivity index is 1.38. The molecule has 0 bridgehead atoms. The van der Waals surface area contributed by atoms with Crippen LogP contribution >= 0.6 is 27.3 Å². The van der Waals surface area contributed by atoms with Crippen LogP contribution in [0.1, 0.15) is 5.56 Å². The molecule has 0 radical (unpaired) electrons. The number of halogens is 2. The number of carbonyl (C=O) groups excluding carboxylic acids is 2. The summed E-state index contributed by atoms with van der Waals surface area (Å²) in [7, 11) is 0. The lowest BCUT2D eigenvalue weighted by atomic mass is 10.1. The quantitative estimate of drug-likeness (QED) is 0.353. The highest BCUT2D eigenvalue weighted by Crippen LogP contribution is 2.35. The van der Waals surface area contributed by atoms with Gasteiger partial charge in [-0.1, -0.05) is 57.6 Å². The number of hydrogen-bond donors (Lipinski definition) is 1. The van der Waals surface area contributed by atoms with Crippen LogP contribution in [-0.4, -0.2) is 33.0 Å². The first-order valence-corrected chi connectivity index (χ1v) is 12.7. The molecule has 3 heterocycles. The molecule has 0 spiro atoms. The van der Waals surface area contributed by atoms with E-state index in [-0.39, 0.29) is 16.7 Å². The highest BCUT2D eigenvalue weighted by Gasteiger charge is 2.35. The van der Waals surface area contributed by atoms with E-state index < -0.39 is 23.2 Å². The predicted octanol–water partition coefficient (Wildman–Crippen LogP) is 3.62. The molecule has 2 amide bonds. The van der Waals surface area contributed by atoms with Crippen LogP contribution in [0, 0.1) is 5.82 Å². The summed E-state index contributed by atoms with van der Waals surface area (Å²) in [5, 5.41) is 7.03. The van der Waals surface area contributed by atoms with E-state index in [1.807, 2.05) is 24.3 Å². The van der Waals surface area contributed by atoms with E-state index in [4.69, 9.17) is 0 Å². The van der Waals surface area contributed by atoms with Crippen LogP contribution in [0.3, 0.4) is 0 Å². The zero-order chi connectivity index (χ0) is 25.7. The minimum Gasteiger partial charge on any atom is -0.325 e. The highest BCUT2D eigenvalue weighted by molar-refractivity contribution is 9.10. The summed E-state index contributed by atoms with van der Waals surface area (Å²) < 4.78 is 15.5. The Hall–Kier alpha value is -4.22. The van der Waals surface area contributed by atoms with Crippen molar-refractivity contribution in [2.24, 2.45) is 0 Å². The lowest BCUT2D eigenvalue weighted by Gasteiger charge is -2.16. The fraction of sp³-hybridized carbons (Fsp3) is 0.0385. The molecule has 3 aromatic carbocycles. The number of para-hydroxylation sites is 1. The van der Waals surface area contributed by atoms with Gasteiger partial charge in [-0.25, -0.2) is 4.39 Å². The number of thiazole rings is 1. The number of carbonyl (C=O) groups is 2. The second kappa shape index (κ2) is 9.02. The molecule has 0 unspecified atom stereocenters. The zero-order valence-corrected chi connectivity index (χ0v) is 21.2. The van der Waals surface area contributed by atoms with Gasteiger partial charge in [0.05, 0.1) is 11.3 Å². The van der Waals surface area contributed by atoms with Gasteiger partial charge in [0.25, 0.3) is 11.5 Å². The summed E-state index contributed by atoms with van der Waals surface area (Å²) in [6, 6.07) is 19.7. The van der Waals surface area contributed by atoms with Gasteiger partial charge in [-0.05, 0) is 42.5 Å². The Morgan fingerprint density at radius 3 is 2.46 bits per heavy atom. The van der Waals surface area contributed by atoms with Crippen LogP contribution in [0.15, 0.2) is 82.1 Å². The first kappa shape index (κ1) is 23.2. The first-order chi connectivity index (χ1) is 17.9. The van der Waals surface area contributed by atoms with Crippen molar-refractivity contribution >= 4 is 61.0 Å². The molecule has 6 rings (SSSR count).